The highest BCUT2D eigenvalue weighted by molar-refractivity contribution is 7.92. The van der Waals surface area contributed by atoms with Crippen LogP contribution in [0, 0.1) is 0 Å². The Balaban J connectivity index is 1.97. The third kappa shape index (κ3) is 5.70. The third-order valence-corrected chi connectivity index (χ3v) is 4.17. The van der Waals surface area contributed by atoms with Crippen LogP contribution in [0.25, 0.3) is 0 Å². The van der Waals surface area contributed by atoms with Gasteiger partial charge in [0.05, 0.1) is 16.8 Å². The second-order valence-corrected chi connectivity index (χ2v) is 7.46. The fraction of sp³-hybridized carbons (Fsp3) is 0.133. The van der Waals surface area contributed by atoms with Gasteiger partial charge < -0.3 is 4.74 Å². The number of sulfonamides is 1. The summed E-state index contributed by atoms with van der Waals surface area (Å²) >= 11 is 11.4. The second-order valence-electron chi connectivity index (χ2n) is 4.95. The van der Waals surface area contributed by atoms with Crippen LogP contribution in [-0.2, 0) is 14.8 Å². The smallest absolute Gasteiger partial charge is 0.340 e. The molecule has 0 aliphatic carbocycles. The fourth-order valence-electron chi connectivity index (χ4n) is 1.77. The van der Waals surface area contributed by atoms with E-state index >= 15 is 0 Å². The zero-order valence-corrected chi connectivity index (χ0v) is 15.2. The molecule has 0 amide bonds. The first-order valence-electron chi connectivity index (χ1n) is 6.75. The number of esters is 1. The van der Waals surface area contributed by atoms with Crippen LogP contribution >= 0.6 is 23.2 Å². The van der Waals surface area contributed by atoms with Crippen molar-refractivity contribution in [1.29, 1.82) is 0 Å². The highest BCUT2D eigenvalue weighted by Gasteiger charge is 2.14. The Morgan fingerprint density at radius 3 is 2.36 bits per heavy atom. The lowest BCUT2D eigenvalue weighted by atomic mass is 10.1. The standard InChI is InChI=1S/C15H12Cl2N2O5S/c1-25(22,23)19-11-4-2-9(3-5-11)13(20)8-24-15(21)10-6-12(16)14(17)18-7-10/h2-7,19H,8H2,1H3. The van der Waals surface area contributed by atoms with Crippen molar-refractivity contribution in [2.24, 2.45) is 0 Å². The van der Waals surface area contributed by atoms with Crippen LogP contribution < -0.4 is 4.72 Å². The summed E-state index contributed by atoms with van der Waals surface area (Å²) < 4.78 is 29.4. The van der Waals surface area contributed by atoms with Crippen LogP contribution in [0.1, 0.15) is 20.7 Å². The van der Waals surface area contributed by atoms with E-state index in [4.69, 9.17) is 27.9 Å². The van der Waals surface area contributed by atoms with Crippen molar-refractivity contribution in [2.45, 2.75) is 0 Å². The minimum atomic E-state index is -3.40. The summed E-state index contributed by atoms with van der Waals surface area (Å²) in [6, 6.07) is 6.99. The van der Waals surface area contributed by atoms with Gasteiger partial charge in [-0.05, 0) is 30.3 Å². The number of anilines is 1. The maximum Gasteiger partial charge on any atom is 0.340 e. The molecule has 0 aliphatic rings. The quantitative estimate of drug-likeness (QED) is 0.452. The van der Waals surface area contributed by atoms with E-state index in [0.29, 0.717) is 5.69 Å². The topological polar surface area (TPSA) is 102 Å². The highest BCUT2D eigenvalue weighted by Crippen LogP contribution is 2.20. The SMILES string of the molecule is CS(=O)(=O)Nc1ccc(C(=O)COC(=O)c2cnc(Cl)c(Cl)c2)cc1. The zero-order chi connectivity index (χ0) is 18.6. The van der Waals surface area contributed by atoms with Gasteiger partial charge in [-0.25, -0.2) is 18.2 Å². The molecule has 1 aromatic carbocycles. The molecule has 0 atom stereocenters. The number of ketones is 1. The van der Waals surface area contributed by atoms with E-state index in [1.165, 1.54) is 36.5 Å². The minimum Gasteiger partial charge on any atom is -0.454 e. The number of halogens is 2. The molecule has 1 N–H and O–H groups in total. The lowest BCUT2D eigenvalue weighted by Gasteiger charge is -2.07. The van der Waals surface area contributed by atoms with Gasteiger partial charge in [-0.2, -0.15) is 0 Å². The minimum absolute atomic E-state index is 0.0529. The number of hydrogen-bond acceptors (Lipinski definition) is 6. The fourth-order valence-corrected chi connectivity index (χ4v) is 2.60. The highest BCUT2D eigenvalue weighted by atomic mass is 35.5. The molecule has 0 unspecified atom stereocenters. The van der Waals surface area contributed by atoms with Crippen LogP contribution in [0.15, 0.2) is 36.5 Å². The third-order valence-electron chi connectivity index (χ3n) is 2.88. The van der Waals surface area contributed by atoms with E-state index in [1.807, 2.05) is 0 Å². The summed E-state index contributed by atoms with van der Waals surface area (Å²) in [4.78, 5) is 27.6. The monoisotopic (exact) mass is 402 g/mol. The molecular weight excluding hydrogens is 391 g/mol. The molecule has 0 saturated carbocycles. The van der Waals surface area contributed by atoms with Crippen molar-refractivity contribution in [3.63, 3.8) is 0 Å². The van der Waals surface area contributed by atoms with E-state index < -0.39 is 28.4 Å². The Bertz CT molecular complexity index is 914. The molecule has 0 bridgehead atoms. The number of benzene rings is 1. The van der Waals surface area contributed by atoms with Gasteiger partial charge in [-0.1, -0.05) is 23.2 Å². The summed E-state index contributed by atoms with van der Waals surface area (Å²) in [5, 5.41) is 0.147. The largest absolute Gasteiger partial charge is 0.454 e. The number of Topliss-reactive ketones (excluding diaryl/α,β-unsaturated/α-hetero) is 1. The number of ether oxygens (including phenoxy) is 1. The summed E-state index contributed by atoms with van der Waals surface area (Å²) in [6.07, 6.45) is 2.20. The van der Waals surface area contributed by atoms with Crippen molar-refractivity contribution in [2.75, 3.05) is 17.6 Å². The first-order valence-corrected chi connectivity index (χ1v) is 9.39. The molecular formula is C15H12Cl2N2O5S. The Kier molecular flexibility index (Phi) is 5.99. The van der Waals surface area contributed by atoms with Crippen molar-refractivity contribution in [3.8, 4) is 0 Å². The van der Waals surface area contributed by atoms with Crippen molar-refractivity contribution >= 4 is 50.7 Å². The lowest BCUT2D eigenvalue weighted by molar-refractivity contribution is 0.0474. The molecule has 1 aromatic heterocycles. The first-order chi connectivity index (χ1) is 11.7. The van der Waals surface area contributed by atoms with Crippen molar-refractivity contribution in [3.05, 3.63) is 57.8 Å². The van der Waals surface area contributed by atoms with Crippen LogP contribution in [0.5, 0.6) is 0 Å². The number of nitrogens with zero attached hydrogens (tertiary/aromatic N) is 1. The van der Waals surface area contributed by atoms with Gasteiger partial charge in [0.15, 0.2) is 12.4 Å². The first kappa shape index (κ1) is 19.2. The number of carbonyl (C=O) groups excluding carboxylic acids is 2. The number of hydrogen-bond donors (Lipinski definition) is 1. The molecule has 10 heteroatoms. The second kappa shape index (κ2) is 7.81. The maximum atomic E-state index is 12.0. The molecule has 1 heterocycles. The lowest BCUT2D eigenvalue weighted by Crippen LogP contribution is -2.15. The molecule has 25 heavy (non-hydrogen) atoms. The normalized spacial score (nSPS) is 11.0. The molecule has 0 fully saturated rings. The van der Waals surface area contributed by atoms with Crippen LogP contribution in [0.3, 0.4) is 0 Å². The molecule has 2 rings (SSSR count). The Labute approximate surface area is 154 Å². The molecule has 132 valence electrons. The molecule has 2 aromatic rings. The predicted molar refractivity (Wildman–Crippen MR) is 93.8 cm³/mol. The van der Waals surface area contributed by atoms with Crippen molar-refractivity contribution in [1.82, 2.24) is 4.98 Å². The summed E-state index contributed by atoms with van der Waals surface area (Å²) in [6.45, 7) is -0.488. The molecule has 7 nitrogen and oxygen atoms in total. The Morgan fingerprint density at radius 1 is 1.16 bits per heavy atom. The van der Waals surface area contributed by atoms with E-state index in [1.54, 1.807) is 0 Å². The molecule has 0 aliphatic heterocycles. The average Bonchev–Trinajstić information content (AvgIpc) is 2.54. The van der Waals surface area contributed by atoms with E-state index in [0.717, 1.165) is 6.26 Å². The van der Waals surface area contributed by atoms with Crippen LogP contribution in [-0.4, -0.2) is 38.0 Å². The predicted octanol–water partition coefficient (Wildman–Crippen LogP) is 2.80. The van der Waals surface area contributed by atoms with E-state index in [9.17, 15) is 18.0 Å². The Hall–Kier alpha value is -2.16. The van der Waals surface area contributed by atoms with Gasteiger partial charge in [0.1, 0.15) is 5.15 Å². The summed E-state index contributed by atoms with van der Waals surface area (Å²) in [5.41, 5.74) is 0.645. The van der Waals surface area contributed by atoms with Gasteiger partial charge in [-0.15, -0.1) is 0 Å². The van der Waals surface area contributed by atoms with Gasteiger partial charge in [0.2, 0.25) is 10.0 Å². The van der Waals surface area contributed by atoms with Gasteiger partial charge in [0, 0.05) is 17.4 Å². The number of pyridine rings is 1. The van der Waals surface area contributed by atoms with Gasteiger partial charge >= 0.3 is 5.97 Å². The van der Waals surface area contributed by atoms with Gasteiger partial charge in [0.25, 0.3) is 0 Å². The maximum absolute atomic E-state index is 12.0. The zero-order valence-electron chi connectivity index (χ0n) is 12.8. The summed E-state index contributed by atoms with van der Waals surface area (Å²) in [5.74, 6) is -1.22. The van der Waals surface area contributed by atoms with Crippen LogP contribution in [0.2, 0.25) is 10.2 Å². The molecule has 0 spiro atoms. The summed E-state index contributed by atoms with van der Waals surface area (Å²) in [7, 11) is -3.40. The molecule has 0 radical (unpaired) electrons. The number of aromatic nitrogens is 1. The van der Waals surface area contributed by atoms with Gasteiger partial charge in [-0.3, -0.25) is 9.52 Å². The average molecular weight is 403 g/mol. The van der Waals surface area contributed by atoms with Crippen molar-refractivity contribution < 1.29 is 22.7 Å². The molecule has 0 saturated heterocycles. The van der Waals surface area contributed by atoms with E-state index in [2.05, 4.69) is 9.71 Å². The number of carbonyl (C=O) groups is 2. The van der Waals surface area contributed by atoms with E-state index in [-0.39, 0.29) is 21.3 Å². The Morgan fingerprint density at radius 2 is 1.80 bits per heavy atom. The van der Waals surface area contributed by atoms with Crippen LogP contribution in [0.4, 0.5) is 5.69 Å². The number of nitrogens with one attached hydrogen (secondary N) is 1. The number of rotatable bonds is 6.